The molecule has 0 spiro atoms. The molecule has 3 N–H and O–H groups in total. The first-order valence-electron chi connectivity index (χ1n) is 6.00. The van der Waals surface area contributed by atoms with Gasteiger partial charge in [-0.25, -0.2) is 0 Å². The maximum Gasteiger partial charge on any atom is 0.235 e. The molecule has 0 radical (unpaired) electrons. The first kappa shape index (κ1) is 12.9. The van der Waals surface area contributed by atoms with Crippen LogP contribution in [0.5, 0.6) is 11.5 Å². The zero-order valence-corrected chi connectivity index (χ0v) is 11.5. The van der Waals surface area contributed by atoms with Crippen LogP contribution in [0.25, 0.3) is 0 Å². The number of thioether (sulfide) groups is 1. The molecule has 1 atom stereocenters. The third-order valence-electron chi connectivity index (χ3n) is 3.10. The van der Waals surface area contributed by atoms with Crippen LogP contribution in [-0.2, 0) is 4.79 Å². The number of nitrogens with zero attached hydrogens (tertiary/aromatic N) is 1. The Labute approximate surface area is 119 Å². The van der Waals surface area contributed by atoms with Gasteiger partial charge < -0.3 is 15.2 Å². The molecule has 0 unspecified atom stereocenters. The van der Waals surface area contributed by atoms with Gasteiger partial charge in [-0.1, -0.05) is 6.07 Å². The van der Waals surface area contributed by atoms with Crippen LogP contribution in [0.3, 0.4) is 0 Å². The van der Waals surface area contributed by atoms with Crippen molar-refractivity contribution in [1.82, 2.24) is 10.2 Å². The molecule has 3 rings (SSSR count). The van der Waals surface area contributed by atoms with Crippen LogP contribution in [0.2, 0.25) is 0 Å². The summed E-state index contributed by atoms with van der Waals surface area (Å²) in [6, 6.07) is 5.19. The van der Waals surface area contributed by atoms with Crippen molar-refractivity contribution in [3.05, 3.63) is 35.5 Å². The molecule has 1 aliphatic rings. The number of carbonyl (C=O) groups is 1. The van der Waals surface area contributed by atoms with Gasteiger partial charge in [-0.2, -0.15) is 5.10 Å². The van der Waals surface area contributed by atoms with E-state index in [1.54, 1.807) is 18.3 Å². The molecule has 0 saturated heterocycles. The summed E-state index contributed by atoms with van der Waals surface area (Å²) in [7, 11) is 1.51. The summed E-state index contributed by atoms with van der Waals surface area (Å²) in [5.74, 6) is 1.43. The van der Waals surface area contributed by atoms with Crippen molar-refractivity contribution < 1.29 is 14.6 Å². The highest BCUT2D eigenvalue weighted by Crippen LogP contribution is 2.42. The second-order valence-electron chi connectivity index (χ2n) is 4.37. The maximum atomic E-state index is 11.7. The maximum absolute atomic E-state index is 11.7. The third kappa shape index (κ3) is 2.20. The summed E-state index contributed by atoms with van der Waals surface area (Å²) in [5, 5.41) is 19.2. The second kappa shape index (κ2) is 5.09. The van der Waals surface area contributed by atoms with Crippen molar-refractivity contribution in [2.24, 2.45) is 0 Å². The molecule has 7 heteroatoms. The molecule has 20 heavy (non-hydrogen) atoms. The number of hydrogen-bond acceptors (Lipinski definition) is 5. The van der Waals surface area contributed by atoms with E-state index < -0.39 is 0 Å². The number of nitrogens with one attached hydrogen (secondary N) is 2. The fourth-order valence-corrected chi connectivity index (χ4v) is 3.24. The van der Waals surface area contributed by atoms with Crippen LogP contribution in [0.1, 0.15) is 16.4 Å². The van der Waals surface area contributed by atoms with Crippen molar-refractivity contribution in [1.29, 1.82) is 0 Å². The highest BCUT2D eigenvalue weighted by molar-refractivity contribution is 8.00. The molecule has 0 fully saturated rings. The van der Waals surface area contributed by atoms with E-state index in [2.05, 4.69) is 15.5 Å². The molecule has 1 aliphatic heterocycles. The minimum Gasteiger partial charge on any atom is -0.504 e. The molecular formula is C13H13N3O3S. The van der Waals surface area contributed by atoms with E-state index in [1.165, 1.54) is 18.9 Å². The van der Waals surface area contributed by atoms with Crippen LogP contribution < -0.4 is 10.1 Å². The summed E-state index contributed by atoms with van der Waals surface area (Å²) in [6.07, 6.45) is 1.71. The molecule has 1 aromatic heterocycles. The molecule has 104 valence electrons. The first-order valence-corrected chi connectivity index (χ1v) is 7.05. The van der Waals surface area contributed by atoms with Crippen molar-refractivity contribution >= 4 is 23.5 Å². The van der Waals surface area contributed by atoms with E-state index in [1.807, 2.05) is 6.07 Å². The summed E-state index contributed by atoms with van der Waals surface area (Å²) in [4.78, 5) is 11.7. The number of hydrogen-bond donors (Lipinski definition) is 3. The van der Waals surface area contributed by atoms with E-state index in [-0.39, 0.29) is 16.9 Å². The van der Waals surface area contributed by atoms with Gasteiger partial charge in [0.25, 0.3) is 0 Å². The predicted molar refractivity (Wildman–Crippen MR) is 76.2 cm³/mol. The monoisotopic (exact) mass is 291 g/mol. The number of fused-ring (bicyclic) bond motifs is 1. The zero-order chi connectivity index (χ0) is 14.1. The molecule has 2 aromatic rings. The minimum absolute atomic E-state index is 0.0443. The van der Waals surface area contributed by atoms with Gasteiger partial charge in [0.05, 0.1) is 24.3 Å². The number of ether oxygens (including phenoxy) is 1. The largest absolute Gasteiger partial charge is 0.504 e. The van der Waals surface area contributed by atoms with Crippen molar-refractivity contribution in [2.45, 2.75) is 5.25 Å². The van der Waals surface area contributed by atoms with Crippen LogP contribution in [0, 0.1) is 0 Å². The lowest BCUT2D eigenvalue weighted by Crippen LogP contribution is -2.12. The number of aromatic amines is 1. The topological polar surface area (TPSA) is 87.2 Å². The Morgan fingerprint density at radius 3 is 3.15 bits per heavy atom. The number of methoxy groups -OCH3 is 1. The van der Waals surface area contributed by atoms with Gasteiger partial charge in [0.1, 0.15) is 5.82 Å². The molecule has 0 aliphatic carbocycles. The molecule has 1 amide bonds. The quantitative estimate of drug-likeness (QED) is 0.786. The lowest BCUT2D eigenvalue weighted by atomic mass is 10.1. The molecule has 0 saturated carbocycles. The van der Waals surface area contributed by atoms with E-state index >= 15 is 0 Å². The number of carbonyl (C=O) groups excluding carboxylic acids is 1. The lowest BCUT2D eigenvalue weighted by molar-refractivity contribution is -0.113. The first-order chi connectivity index (χ1) is 9.69. The fourth-order valence-electron chi connectivity index (χ4n) is 2.15. The summed E-state index contributed by atoms with van der Waals surface area (Å²) >= 11 is 1.51. The Morgan fingerprint density at radius 2 is 2.35 bits per heavy atom. The molecule has 6 nitrogen and oxygen atoms in total. The Kier molecular flexibility index (Phi) is 3.27. The number of phenolic OH excluding ortho intramolecular Hbond substituents is 1. The van der Waals surface area contributed by atoms with Crippen molar-refractivity contribution in [3.8, 4) is 11.5 Å². The number of anilines is 1. The van der Waals surface area contributed by atoms with E-state index in [0.29, 0.717) is 17.3 Å². The average molecular weight is 291 g/mol. The molecule has 0 bridgehead atoms. The van der Waals surface area contributed by atoms with Gasteiger partial charge in [0.15, 0.2) is 11.5 Å². The van der Waals surface area contributed by atoms with Crippen LogP contribution in [0.4, 0.5) is 5.82 Å². The summed E-state index contributed by atoms with van der Waals surface area (Å²) in [6.45, 7) is 0. The number of rotatable bonds is 2. The number of benzene rings is 1. The number of aromatic hydroxyl groups is 1. The van der Waals surface area contributed by atoms with Gasteiger partial charge in [-0.05, 0) is 17.7 Å². The molecular weight excluding hydrogens is 278 g/mol. The number of amides is 1. The highest BCUT2D eigenvalue weighted by Gasteiger charge is 2.26. The number of H-pyrrole nitrogens is 1. The number of aromatic nitrogens is 2. The molecule has 2 heterocycles. The summed E-state index contributed by atoms with van der Waals surface area (Å²) in [5.41, 5.74) is 1.86. The van der Waals surface area contributed by atoms with E-state index in [4.69, 9.17) is 4.74 Å². The Morgan fingerprint density at radius 1 is 1.50 bits per heavy atom. The molecule has 1 aromatic carbocycles. The highest BCUT2D eigenvalue weighted by atomic mass is 32.2. The number of phenols is 1. The summed E-state index contributed by atoms with van der Waals surface area (Å²) < 4.78 is 5.13. The van der Waals surface area contributed by atoms with Crippen LogP contribution >= 0.6 is 11.8 Å². The lowest BCUT2D eigenvalue weighted by Gasteiger charge is -2.15. The average Bonchev–Trinajstić information content (AvgIpc) is 2.82. The third-order valence-corrected chi connectivity index (χ3v) is 4.39. The van der Waals surface area contributed by atoms with Crippen LogP contribution in [-0.4, -0.2) is 34.1 Å². The standard InChI is InChI=1S/C13H13N3O3S/c1-19-10-4-7(2-3-9(10)17)12-8-5-14-16-13(8)15-11(18)6-20-12/h2-5,12,17H,6H2,1H3,(H2,14,15,16,18)/t12-/m1/s1. The van der Waals surface area contributed by atoms with Gasteiger partial charge in [0.2, 0.25) is 5.91 Å². The smallest absolute Gasteiger partial charge is 0.235 e. The van der Waals surface area contributed by atoms with Gasteiger partial charge >= 0.3 is 0 Å². The normalized spacial score (nSPS) is 18.1. The van der Waals surface area contributed by atoms with Gasteiger partial charge in [0, 0.05) is 5.56 Å². The van der Waals surface area contributed by atoms with E-state index in [0.717, 1.165) is 11.1 Å². The van der Waals surface area contributed by atoms with E-state index in [9.17, 15) is 9.90 Å². The second-order valence-corrected chi connectivity index (χ2v) is 5.46. The fraction of sp³-hybridized carbons (Fsp3) is 0.231. The zero-order valence-electron chi connectivity index (χ0n) is 10.7. The Balaban J connectivity index is 2.04. The van der Waals surface area contributed by atoms with Crippen molar-refractivity contribution in [2.75, 3.05) is 18.2 Å². The van der Waals surface area contributed by atoms with Crippen LogP contribution in [0.15, 0.2) is 24.4 Å². The predicted octanol–water partition coefficient (Wildman–Crippen LogP) is 1.90. The van der Waals surface area contributed by atoms with Gasteiger partial charge in [-0.15, -0.1) is 11.8 Å². The van der Waals surface area contributed by atoms with Gasteiger partial charge in [-0.3, -0.25) is 9.89 Å². The SMILES string of the molecule is COc1cc([C@H]2SCC(=O)Nc3[nH]ncc32)ccc1O. The van der Waals surface area contributed by atoms with Crippen molar-refractivity contribution in [3.63, 3.8) is 0 Å². The Hall–Kier alpha value is -2.15. The Bertz CT molecular complexity index is 656. The minimum atomic E-state index is -0.0613.